The first-order valence-corrected chi connectivity index (χ1v) is 7.27. The smallest absolute Gasteiger partial charge is 0.169 e. The average Bonchev–Trinajstić information content (AvgIpc) is 2.87. The molecule has 0 bridgehead atoms. The van der Waals surface area contributed by atoms with Gasteiger partial charge in [0, 0.05) is 6.04 Å². The van der Waals surface area contributed by atoms with Crippen LogP contribution in [0.3, 0.4) is 0 Å². The van der Waals surface area contributed by atoms with E-state index in [4.69, 9.17) is 4.42 Å². The normalized spacial score (nSPS) is 13.0. The van der Waals surface area contributed by atoms with Gasteiger partial charge in [-0.15, -0.1) is 0 Å². The first kappa shape index (κ1) is 14.2. The minimum Gasteiger partial charge on any atom is -0.452 e. The summed E-state index contributed by atoms with van der Waals surface area (Å²) in [5, 5.41) is 8.06. The first-order valence-electron chi connectivity index (χ1n) is 6.47. The number of hydrogen-bond acceptors (Lipinski definition) is 3. The van der Waals surface area contributed by atoms with Gasteiger partial charge in [0.1, 0.15) is 5.76 Å². The Morgan fingerprint density at radius 3 is 2.42 bits per heavy atom. The summed E-state index contributed by atoms with van der Waals surface area (Å²) in [4.78, 5) is 0. The van der Waals surface area contributed by atoms with Crippen molar-refractivity contribution in [1.82, 2.24) is 9.78 Å². The molecular formula is C14H20BrN3O. The highest BCUT2D eigenvalue weighted by Crippen LogP contribution is 2.28. The van der Waals surface area contributed by atoms with Crippen molar-refractivity contribution >= 4 is 21.6 Å². The Labute approximate surface area is 122 Å². The van der Waals surface area contributed by atoms with Crippen LogP contribution in [0.4, 0.5) is 5.69 Å². The number of nitrogens with one attached hydrogen (secondary N) is 1. The Hall–Kier alpha value is -1.23. The van der Waals surface area contributed by atoms with Crippen molar-refractivity contribution < 1.29 is 4.42 Å². The second kappa shape index (κ2) is 5.41. The van der Waals surface area contributed by atoms with Crippen molar-refractivity contribution in [2.75, 3.05) is 5.32 Å². The maximum atomic E-state index is 5.58. The second-order valence-electron chi connectivity index (χ2n) is 5.09. The molecule has 1 unspecified atom stereocenters. The van der Waals surface area contributed by atoms with Crippen molar-refractivity contribution in [2.45, 2.75) is 46.7 Å². The zero-order chi connectivity index (χ0) is 14.2. The molecule has 2 rings (SSSR count). The van der Waals surface area contributed by atoms with E-state index in [2.05, 4.69) is 54.0 Å². The third-order valence-electron chi connectivity index (χ3n) is 3.20. The summed E-state index contributed by atoms with van der Waals surface area (Å²) in [6, 6.07) is 4.35. The molecule has 0 radical (unpaired) electrons. The van der Waals surface area contributed by atoms with Gasteiger partial charge in [-0.1, -0.05) is 0 Å². The van der Waals surface area contributed by atoms with E-state index in [9.17, 15) is 0 Å². The van der Waals surface area contributed by atoms with E-state index in [1.165, 1.54) is 0 Å². The van der Waals surface area contributed by atoms with Crippen molar-refractivity contribution in [3.63, 3.8) is 0 Å². The van der Waals surface area contributed by atoms with Gasteiger partial charge in [0.15, 0.2) is 4.67 Å². The van der Waals surface area contributed by atoms with E-state index in [1.807, 2.05) is 23.7 Å². The maximum absolute atomic E-state index is 5.58. The van der Waals surface area contributed by atoms with Gasteiger partial charge in [0.2, 0.25) is 0 Å². The molecule has 0 aliphatic heterocycles. The Bertz CT molecular complexity index is 571. The van der Waals surface area contributed by atoms with Crippen LogP contribution in [0, 0.1) is 13.8 Å². The van der Waals surface area contributed by atoms with E-state index in [-0.39, 0.29) is 6.04 Å². The first-order chi connectivity index (χ1) is 8.90. The van der Waals surface area contributed by atoms with E-state index >= 15 is 0 Å². The quantitative estimate of drug-likeness (QED) is 0.892. The number of aryl methyl sites for hydroxylation is 1. The fourth-order valence-corrected chi connectivity index (χ4v) is 2.54. The summed E-state index contributed by atoms with van der Waals surface area (Å²) in [7, 11) is 0. The topological polar surface area (TPSA) is 43.0 Å². The zero-order valence-electron chi connectivity index (χ0n) is 12.0. The Morgan fingerprint density at radius 1 is 1.26 bits per heavy atom. The summed E-state index contributed by atoms with van der Waals surface area (Å²) < 4.78 is 8.37. The van der Waals surface area contributed by atoms with Gasteiger partial charge in [-0.2, -0.15) is 5.10 Å². The van der Waals surface area contributed by atoms with Crippen molar-refractivity contribution in [1.29, 1.82) is 0 Å². The molecule has 5 heteroatoms. The molecule has 0 aliphatic rings. The Kier molecular flexibility index (Phi) is 4.04. The van der Waals surface area contributed by atoms with Gasteiger partial charge in [-0.05, 0) is 62.7 Å². The molecule has 2 aromatic rings. The predicted octanol–water partition coefficient (Wildman–Crippen LogP) is 4.61. The minimum absolute atomic E-state index is 0.105. The van der Waals surface area contributed by atoms with E-state index in [1.54, 1.807) is 0 Å². The highest BCUT2D eigenvalue weighted by Gasteiger charge is 2.17. The lowest BCUT2D eigenvalue weighted by atomic mass is 10.2. The lowest BCUT2D eigenvalue weighted by molar-refractivity contribution is 0.470. The summed E-state index contributed by atoms with van der Waals surface area (Å²) in [6.45, 7) is 10.5. The van der Waals surface area contributed by atoms with E-state index in [0.717, 1.165) is 27.5 Å². The Balaban J connectivity index is 2.24. The standard InChI is InChI=1S/C14H20BrN3O/c1-8(2)18-11(5)14(10(4)17-18)16-9(3)12-6-7-13(15)19-12/h6-9,16H,1-5H3. The van der Waals surface area contributed by atoms with Crippen LogP contribution in [-0.4, -0.2) is 9.78 Å². The molecule has 0 aliphatic carbocycles. The molecule has 1 N–H and O–H groups in total. The van der Waals surface area contributed by atoms with Crippen LogP contribution in [0.1, 0.15) is 50.0 Å². The second-order valence-corrected chi connectivity index (χ2v) is 5.87. The molecule has 4 nitrogen and oxygen atoms in total. The highest BCUT2D eigenvalue weighted by atomic mass is 79.9. The Morgan fingerprint density at radius 2 is 1.95 bits per heavy atom. The van der Waals surface area contributed by atoms with Gasteiger partial charge in [0.05, 0.1) is 23.1 Å². The van der Waals surface area contributed by atoms with Crippen molar-refractivity contribution in [3.8, 4) is 0 Å². The number of anilines is 1. The van der Waals surface area contributed by atoms with E-state index in [0.29, 0.717) is 6.04 Å². The summed E-state index contributed by atoms with van der Waals surface area (Å²) >= 11 is 3.33. The molecule has 0 amide bonds. The van der Waals surface area contributed by atoms with Crippen LogP contribution in [-0.2, 0) is 0 Å². The summed E-state index contributed by atoms with van der Waals surface area (Å²) in [5.74, 6) is 0.906. The molecule has 0 saturated carbocycles. The van der Waals surface area contributed by atoms with Crippen LogP contribution in [0.5, 0.6) is 0 Å². The van der Waals surface area contributed by atoms with Crippen LogP contribution in [0.2, 0.25) is 0 Å². The number of aromatic nitrogens is 2. The molecule has 2 heterocycles. The monoisotopic (exact) mass is 325 g/mol. The predicted molar refractivity (Wildman–Crippen MR) is 80.5 cm³/mol. The van der Waals surface area contributed by atoms with Gasteiger partial charge in [-0.3, -0.25) is 4.68 Å². The fraction of sp³-hybridized carbons (Fsp3) is 0.500. The van der Waals surface area contributed by atoms with E-state index < -0.39 is 0 Å². The van der Waals surface area contributed by atoms with Crippen molar-refractivity contribution in [3.05, 3.63) is 34.0 Å². The number of halogens is 1. The molecule has 0 fully saturated rings. The number of hydrogen-bond donors (Lipinski definition) is 1. The lowest BCUT2D eigenvalue weighted by Gasteiger charge is -2.14. The maximum Gasteiger partial charge on any atom is 0.169 e. The molecular weight excluding hydrogens is 306 g/mol. The molecule has 2 aromatic heterocycles. The largest absolute Gasteiger partial charge is 0.452 e. The molecule has 0 aromatic carbocycles. The molecule has 0 saturated heterocycles. The number of furan rings is 1. The van der Waals surface area contributed by atoms with Gasteiger partial charge < -0.3 is 9.73 Å². The average molecular weight is 326 g/mol. The summed E-state index contributed by atoms with van der Waals surface area (Å²) in [5.41, 5.74) is 3.27. The van der Waals surface area contributed by atoms with Crippen molar-refractivity contribution in [2.24, 2.45) is 0 Å². The highest BCUT2D eigenvalue weighted by molar-refractivity contribution is 9.10. The van der Waals surface area contributed by atoms with Gasteiger partial charge in [0.25, 0.3) is 0 Å². The molecule has 0 spiro atoms. The summed E-state index contributed by atoms with van der Waals surface area (Å²) in [6.07, 6.45) is 0. The van der Waals surface area contributed by atoms with Crippen LogP contribution >= 0.6 is 15.9 Å². The molecule has 1 atom stereocenters. The zero-order valence-corrected chi connectivity index (χ0v) is 13.6. The van der Waals surface area contributed by atoms with Crippen LogP contribution in [0.15, 0.2) is 21.2 Å². The third-order valence-corrected chi connectivity index (χ3v) is 3.62. The number of nitrogens with zero attached hydrogens (tertiary/aromatic N) is 2. The van der Waals surface area contributed by atoms with Gasteiger partial charge >= 0.3 is 0 Å². The molecule has 104 valence electrons. The molecule has 19 heavy (non-hydrogen) atoms. The van der Waals surface area contributed by atoms with Gasteiger partial charge in [-0.25, -0.2) is 0 Å². The SMILES string of the molecule is Cc1nn(C(C)C)c(C)c1NC(C)c1ccc(Br)o1. The number of rotatable bonds is 4. The van der Waals surface area contributed by atoms with Crippen LogP contribution in [0.25, 0.3) is 0 Å². The fourth-order valence-electron chi connectivity index (χ4n) is 2.22. The third kappa shape index (κ3) is 2.86. The minimum atomic E-state index is 0.105. The lowest BCUT2D eigenvalue weighted by Crippen LogP contribution is -2.08. The van der Waals surface area contributed by atoms with Crippen LogP contribution < -0.4 is 5.32 Å².